The molecule has 1 aliphatic heterocycles. The lowest BCUT2D eigenvalue weighted by atomic mass is 10.2. The van der Waals surface area contributed by atoms with Gasteiger partial charge in [0.25, 0.3) is 0 Å². The van der Waals surface area contributed by atoms with Gasteiger partial charge in [-0.25, -0.2) is 0 Å². The van der Waals surface area contributed by atoms with Crippen LogP contribution < -0.4 is 5.32 Å². The van der Waals surface area contributed by atoms with Crippen LogP contribution in [0.3, 0.4) is 0 Å². The number of nitriles is 1. The van der Waals surface area contributed by atoms with Crippen molar-refractivity contribution in [2.24, 2.45) is 0 Å². The van der Waals surface area contributed by atoms with E-state index in [1.54, 1.807) is 24.3 Å². The third kappa shape index (κ3) is 3.31. The second-order valence-electron chi connectivity index (χ2n) is 4.65. The van der Waals surface area contributed by atoms with E-state index in [1.807, 2.05) is 11.0 Å². The molecule has 1 aliphatic rings. The van der Waals surface area contributed by atoms with Crippen molar-refractivity contribution < 1.29 is 9.90 Å². The predicted molar refractivity (Wildman–Crippen MR) is 71.5 cm³/mol. The predicted octanol–water partition coefficient (Wildman–Crippen LogP) is 0.953. The maximum absolute atomic E-state index is 12.0. The van der Waals surface area contributed by atoms with Gasteiger partial charge >= 0.3 is 0 Å². The summed E-state index contributed by atoms with van der Waals surface area (Å²) in [6.45, 7) is 1.17. The number of hydrogen-bond donors (Lipinski definition) is 2. The van der Waals surface area contributed by atoms with E-state index in [4.69, 9.17) is 5.26 Å². The number of aliphatic hydroxyl groups is 1. The molecule has 0 spiro atoms. The normalized spacial score (nSPS) is 19.1. The average molecular weight is 259 g/mol. The zero-order valence-corrected chi connectivity index (χ0v) is 10.7. The van der Waals surface area contributed by atoms with Crippen molar-refractivity contribution in [2.45, 2.75) is 18.9 Å². The molecule has 0 radical (unpaired) electrons. The molecule has 0 aliphatic carbocycles. The summed E-state index contributed by atoms with van der Waals surface area (Å²) in [4.78, 5) is 13.9. The van der Waals surface area contributed by atoms with Gasteiger partial charge in [0, 0.05) is 6.04 Å². The zero-order valence-electron chi connectivity index (χ0n) is 10.7. The summed E-state index contributed by atoms with van der Waals surface area (Å²) in [5, 5.41) is 20.9. The lowest BCUT2D eigenvalue weighted by Gasteiger charge is -2.21. The van der Waals surface area contributed by atoms with Crippen LogP contribution in [0.4, 0.5) is 5.69 Å². The number of amides is 1. The number of carbonyl (C=O) groups excluding carboxylic acids is 1. The SMILES string of the molecule is N#Cc1ccccc1NC(=O)CN1CCCC1CO. The molecule has 1 aromatic carbocycles. The molecule has 2 N–H and O–H groups in total. The molecule has 1 heterocycles. The number of para-hydroxylation sites is 1. The Morgan fingerprint density at radius 3 is 3.05 bits per heavy atom. The number of carbonyl (C=O) groups is 1. The minimum Gasteiger partial charge on any atom is -0.395 e. The van der Waals surface area contributed by atoms with Gasteiger partial charge in [0.2, 0.25) is 5.91 Å². The topological polar surface area (TPSA) is 76.4 Å². The average Bonchev–Trinajstić information content (AvgIpc) is 2.86. The lowest BCUT2D eigenvalue weighted by molar-refractivity contribution is -0.117. The molecule has 0 saturated carbocycles. The van der Waals surface area contributed by atoms with E-state index >= 15 is 0 Å². The Hall–Kier alpha value is -1.90. The van der Waals surface area contributed by atoms with Gasteiger partial charge in [-0.1, -0.05) is 12.1 Å². The summed E-state index contributed by atoms with van der Waals surface area (Å²) in [5.74, 6) is -0.150. The number of nitrogens with one attached hydrogen (secondary N) is 1. The van der Waals surface area contributed by atoms with Gasteiger partial charge in [-0.3, -0.25) is 9.69 Å². The van der Waals surface area contributed by atoms with Crippen molar-refractivity contribution >= 4 is 11.6 Å². The standard InChI is InChI=1S/C14H17N3O2/c15-8-11-4-1-2-6-13(11)16-14(19)9-17-7-3-5-12(17)10-18/h1-2,4,6,12,18H,3,5,7,9-10H2,(H,16,19). The summed E-state index contributed by atoms with van der Waals surface area (Å²) in [5.41, 5.74) is 0.991. The number of benzene rings is 1. The molecule has 100 valence electrons. The van der Waals surface area contributed by atoms with Crippen molar-refractivity contribution in [1.82, 2.24) is 4.90 Å². The van der Waals surface area contributed by atoms with Crippen LogP contribution in [0.5, 0.6) is 0 Å². The third-order valence-electron chi connectivity index (χ3n) is 3.38. The van der Waals surface area contributed by atoms with Crippen molar-refractivity contribution in [3.05, 3.63) is 29.8 Å². The van der Waals surface area contributed by atoms with Crippen molar-refractivity contribution in [3.63, 3.8) is 0 Å². The Balaban J connectivity index is 1.96. The van der Waals surface area contributed by atoms with E-state index < -0.39 is 0 Å². The van der Waals surface area contributed by atoms with Crippen LogP contribution in [-0.4, -0.2) is 41.7 Å². The molecule has 5 nitrogen and oxygen atoms in total. The van der Waals surface area contributed by atoms with Crippen LogP contribution in [0, 0.1) is 11.3 Å². The van der Waals surface area contributed by atoms with Crippen LogP contribution >= 0.6 is 0 Å². The second-order valence-corrected chi connectivity index (χ2v) is 4.65. The number of hydrogen-bond acceptors (Lipinski definition) is 4. The third-order valence-corrected chi connectivity index (χ3v) is 3.38. The fraction of sp³-hybridized carbons (Fsp3) is 0.429. The van der Waals surface area contributed by atoms with Crippen LogP contribution in [0.15, 0.2) is 24.3 Å². The zero-order chi connectivity index (χ0) is 13.7. The molecule has 5 heteroatoms. The molecule has 1 saturated heterocycles. The highest BCUT2D eigenvalue weighted by atomic mass is 16.3. The Labute approximate surface area is 112 Å². The van der Waals surface area contributed by atoms with Gasteiger partial charge in [0.1, 0.15) is 6.07 Å². The monoisotopic (exact) mass is 259 g/mol. The van der Waals surface area contributed by atoms with Gasteiger partial charge in [0.15, 0.2) is 0 Å². The van der Waals surface area contributed by atoms with Crippen molar-refractivity contribution in [2.75, 3.05) is 25.0 Å². The quantitative estimate of drug-likeness (QED) is 0.844. The van der Waals surface area contributed by atoms with Crippen molar-refractivity contribution in [1.29, 1.82) is 5.26 Å². The molecule has 0 aromatic heterocycles. The minimum atomic E-state index is -0.150. The Morgan fingerprint density at radius 1 is 1.53 bits per heavy atom. The first kappa shape index (κ1) is 13.5. The largest absolute Gasteiger partial charge is 0.395 e. The van der Waals surface area contributed by atoms with Crippen LogP contribution in [0.1, 0.15) is 18.4 Å². The van der Waals surface area contributed by atoms with E-state index in [0.717, 1.165) is 19.4 Å². The smallest absolute Gasteiger partial charge is 0.238 e. The number of likely N-dealkylation sites (tertiary alicyclic amines) is 1. The van der Waals surface area contributed by atoms with E-state index in [0.29, 0.717) is 11.3 Å². The highest BCUT2D eigenvalue weighted by molar-refractivity contribution is 5.93. The summed E-state index contributed by atoms with van der Waals surface area (Å²) in [6.07, 6.45) is 1.94. The highest BCUT2D eigenvalue weighted by Crippen LogP contribution is 2.17. The number of aliphatic hydroxyl groups excluding tert-OH is 1. The molecule has 0 bridgehead atoms. The highest BCUT2D eigenvalue weighted by Gasteiger charge is 2.25. The number of nitrogens with zero attached hydrogens (tertiary/aromatic N) is 2. The van der Waals surface area contributed by atoms with Crippen molar-refractivity contribution in [3.8, 4) is 6.07 Å². The molecule has 1 amide bonds. The summed E-state index contributed by atoms with van der Waals surface area (Å²) < 4.78 is 0. The van der Waals surface area contributed by atoms with Gasteiger partial charge < -0.3 is 10.4 Å². The summed E-state index contributed by atoms with van der Waals surface area (Å²) in [7, 11) is 0. The van der Waals surface area contributed by atoms with Gasteiger partial charge in [-0.2, -0.15) is 5.26 Å². The first-order valence-electron chi connectivity index (χ1n) is 6.38. The fourth-order valence-corrected chi connectivity index (χ4v) is 2.37. The molecule has 1 aromatic rings. The molecular formula is C14H17N3O2. The Morgan fingerprint density at radius 2 is 2.32 bits per heavy atom. The number of rotatable bonds is 4. The molecule has 1 fully saturated rings. The van der Waals surface area contributed by atoms with Crippen LogP contribution in [0.2, 0.25) is 0 Å². The van der Waals surface area contributed by atoms with E-state index in [1.165, 1.54) is 0 Å². The summed E-state index contributed by atoms with van der Waals surface area (Å²) >= 11 is 0. The maximum Gasteiger partial charge on any atom is 0.238 e. The molecule has 1 atom stereocenters. The maximum atomic E-state index is 12.0. The molecule has 2 rings (SSSR count). The Kier molecular flexibility index (Phi) is 4.50. The lowest BCUT2D eigenvalue weighted by Crippen LogP contribution is -2.38. The first-order chi connectivity index (χ1) is 9.24. The van der Waals surface area contributed by atoms with E-state index in [9.17, 15) is 9.90 Å². The number of anilines is 1. The fourth-order valence-electron chi connectivity index (χ4n) is 2.37. The summed E-state index contributed by atoms with van der Waals surface area (Å²) in [6, 6.07) is 9.05. The van der Waals surface area contributed by atoms with E-state index in [-0.39, 0.29) is 25.1 Å². The van der Waals surface area contributed by atoms with Crippen LogP contribution in [0.25, 0.3) is 0 Å². The molecular weight excluding hydrogens is 242 g/mol. The second kappa shape index (κ2) is 6.32. The minimum absolute atomic E-state index is 0.0805. The molecule has 19 heavy (non-hydrogen) atoms. The van der Waals surface area contributed by atoms with Gasteiger partial charge in [-0.05, 0) is 31.5 Å². The van der Waals surface area contributed by atoms with E-state index in [2.05, 4.69) is 5.32 Å². The Bertz CT molecular complexity index is 496. The van der Waals surface area contributed by atoms with Gasteiger partial charge in [0.05, 0.1) is 24.4 Å². The molecule has 1 unspecified atom stereocenters. The first-order valence-corrected chi connectivity index (χ1v) is 6.38. The van der Waals surface area contributed by atoms with Gasteiger partial charge in [-0.15, -0.1) is 0 Å². The van der Waals surface area contributed by atoms with Crippen LogP contribution in [-0.2, 0) is 4.79 Å².